The third-order valence-electron chi connectivity index (χ3n) is 3.45. The molecule has 2 N–H and O–H groups in total. The molecular weight excluding hydrogens is 322 g/mol. The van der Waals surface area contributed by atoms with Crippen LogP contribution in [0.4, 0.5) is 17.2 Å². The van der Waals surface area contributed by atoms with Gasteiger partial charge in [-0.1, -0.05) is 29.3 Å². The largest absolute Gasteiger partial charge is 0.340 e. The minimum absolute atomic E-state index is 0.157. The van der Waals surface area contributed by atoms with Crippen molar-refractivity contribution < 1.29 is 4.79 Å². The van der Waals surface area contributed by atoms with E-state index in [1.165, 1.54) is 0 Å². The molecule has 0 spiro atoms. The maximum absolute atomic E-state index is 12.2. The lowest BCUT2D eigenvalue weighted by atomic mass is 10.1. The van der Waals surface area contributed by atoms with E-state index in [1.807, 2.05) is 31.2 Å². The van der Waals surface area contributed by atoms with Gasteiger partial charge in [0.1, 0.15) is 5.82 Å². The van der Waals surface area contributed by atoms with Crippen molar-refractivity contribution in [1.29, 1.82) is 0 Å². The Labute approximate surface area is 145 Å². The summed E-state index contributed by atoms with van der Waals surface area (Å²) in [5.74, 6) is 0.529. The van der Waals surface area contributed by atoms with Crippen molar-refractivity contribution in [3.05, 3.63) is 83.0 Å². The van der Waals surface area contributed by atoms with Crippen LogP contribution >= 0.6 is 11.6 Å². The lowest BCUT2D eigenvalue weighted by molar-refractivity contribution is 0.102. The number of pyridine rings is 1. The number of carbonyl (C=O) groups is 1. The Morgan fingerprint density at radius 3 is 2.21 bits per heavy atom. The molecule has 24 heavy (non-hydrogen) atoms. The average Bonchev–Trinajstić information content (AvgIpc) is 2.59. The Kier molecular flexibility index (Phi) is 4.77. The van der Waals surface area contributed by atoms with E-state index < -0.39 is 0 Å². The van der Waals surface area contributed by atoms with Crippen LogP contribution in [-0.2, 0) is 0 Å². The summed E-state index contributed by atoms with van der Waals surface area (Å²) in [7, 11) is 0. The van der Waals surface area contributed by atoms with Gasteiger partial charge in [0.25, 0.3) is 5.91 Å². The highest BCUT2D eigenvalue weighted by molar-refractivity contribution is 6.30. The topological polar surface area (TPSA) is 54.0 Å². The van der Waals surface area contributed by atoms with Crippen LogP contribution < -0.4 is 10.6 Å². The minimum Gasteiger partial charge on any atom is -0.340 e. The van der Waals surface area contributed by atoms with Crippen molar-refractivity contribution in [3.63, 3.8) is 0 Å². The summed E-state index contributed by atoms with van der Waals surface area (Å²) in [6, 6.07) is 18.4. The van der Waals surface area contributed by atoms with E-state index in [4.69, 9.17) is 11.6 Å². The van der Waals surface area contributed by atoms with E-state index >= 15 is 0 Å². The number of anilines is 3. The zero-order valence-corrected chi connectivity index (χ0v) is 13.8. The molecule has 1 heterocycles. The summed E-state index contributed by atoms with van der Waals surface area (Å²) in [5, 5.41) is 6.68. The number of carbonyl (C=O) groups excluding carboxylic acids is 1. The molecule has 0 aliphatic carbocycles. The molecule has 0 saturated carbocycles. The van der Waals surface area contributed by atoms with Crippen molar-refractivity contribution in [2.75, 3.05) is 10.6 Å². The molecule has 3 rings (SSSR count). The van der Waals surface area contributed by atoms with Crippen LogP contribution in [-0.4, -0.2) is 10.9 Å². The fourth-order valence-electron chi connectivity index (χ4n) is 2.13. The number of amides is 1. The second-order valence-electron chi connectivity index (χ2n) is 5.38. The van der Waals surface area contributed by atoms with Gasteiger partial charge in [-0.3, -0.25) is 4.79 Å². The lowest BCUT2D eigenvalue weighted by Crippen LogP contribution is -2.12. The van der Waals surface area contributed by atoms with E-state index in [0.29, 0.717) is 22.1 Å². The van der Waals surface area contributed by atoms with Crippen LogP contribution in [0.15, 0.2) is 66.9 Å². The first kappa shape index (κ1) is 16.0. The third kappa shape index (κ3) is 4.12. The van der Waals surface area contributed by atoms with Gasteiger partial charge in [0.05, 0.1) is 11.9 Å². The molecule has 0 saturated heterocycles. The second-order valence-corrected chi connectivity index (χ2v) is 5.82. The predicted molar refractivity (Wildman–Crippen MR) is 98.1 cm³/mol. The van der Waals surface area contributed by atoms with Crippen LogP contribution in [0.2, 0.25) is 5.02 Å². The molecule has 0 atom stereocenters. The zero-order valence-electron chi connectivity index (χ0n) is 13.1. The molecule has 1 aromatic heterocycles. The van der Waals surface area contributed by atoms with Crippen LogP contribution in [0.3, 0.4) is 0 Å². The number of nitrogens with one attached hydrogen (secondary N) is 2. The van der Waals surface area contributed by atoms with Gasteiger partial charge in [-0.05, 0) is 55.5 Å². The number of benzene rings is 2. The molecule has 3 aromatic rings. The molecule has 0 bridgehead atoms. The van der Waals surface area contributed by atoms with Gasteiger partial charge in [0.15, 0.2) is 0 Å². The smallest absolute Gasteiger partial charge is 0.255 e. The Balaban J connectivity index is 1.64. The van der Waals surface area contributed by atoms with E-state index in [0.717, 1.165) is 11.3 Å². The van der Waals surface area contributed by atoms with Crippen molar-refractivity contribution in [1.82, 2.24) is 4.98 Å². The Morgan fingerprint density at radius 2 is 1.58 bits per heavy atom. The lowest BCUT2D eigenvalue weighted by Gasteiger charge is -2.08. The number of hydrogen-bond acceptors (Lipinski definition) is 3. The fourth-order valence-corrected chi connectivity index (χ4v) is 2.26. The maximum Gasteiger partial charge on any atom is 0.255 e. The Hall–Kier alpha value is -2.85. The van der Waals surface area contributed by atoms with Crippen molar-refractivity contribution in [2.24, 2.45) is 0 Å². The standard InChI is InChI=1S/C19H16ClN3O/c1-13-2-4-14(5-3-13)19(24)23-17-10-11-18(21-12-17)22-16-8-6-15(20)7-9-16/h2-12H,1H3,(H,21,22)(H,23,24). The molecule has 4 nitrogen and oxygen atoms in total. The molecule has 0 unspecified atom stereocenters. The summed E-state index contributed by atoms with van der Waals surface area (Å²) >= 11 is 5.86. The Morgan fingerprint density at radius 1 is 0.917 bits per heavy atom. The summed E-state index contributed by atoms with van der Waals surface area (Å²) in [6.07, 6.45) is 1.62. The number of halogens is 1. The molecular formula is C19H16ClN3O. The van der Waals surface area contributed by atoms with E-state index in [9.17, 15) is 4.79 Å². The van der Waals surface area contributed by atoms with Gasteiger partial charge in [-0.2, -0.15) is 0 Å². The summed E-state index contributed by atoms with van der Waals surface area (Å²) < 4.78 is 0. The van der Waals surface area contributed by atoms with Gasteiger partial charge < -0.3 is 10.6 Å². The molecule has 5 heteroatoms. The molecule has 2 aromatic carbocycles. The van der Waals surface area contributed by atoms with Crippen LogP contribution in [0, 0.1) is 6.92 Å². The van der Waals surface area contributed by atoms with Crippen molar-refractivity contribution in [2.45, 2.75) is 6.92 Å². The summed E-state index contributed by atoms with van der Waals surface area (Å²) in [5.41, 5.74) is 3.26. The molecule has 120 valence electrons. The summed E-state index contributed by atoms with van der Waals surface area (Å²) in [6.45, 7) is 1.98. The highest BCUT2D eigenvalue weighted by Gasteiger charge is 2.06. The fraction of sp³-hybridized carbons (Fsp3) is 0.0526. The third-order valence-corrected chi connectivity index (χ3v) is 3.70. The Bertz CT molecular complexity index is 828. The number of aryl methyl sites for hydroxylation is 1. The number of rotatable bonds is 4. The van der Waals surface area contributed by atoms with Gasteiger partial charge in [0, 0.05) is 16.3 Å². The van der Waals surface area contributed by atoms with Gasteiger partial charge in [-0.25, -0.2) is 4.98 Å². The SMILES string of the molecule is Cc1ccc(C(=O)Nc2ccc(Nc3ccc(Cl)cc3)nc2)cc1. The number of hydrogen-bond donors (Lipinski definition) is 2. The molecule has 0 aliphatic rings. The highest BCUT2D eigenvalue weighted by Crippen LogP contribution is 2.19. The van der Waals surface area contributed by atoms with E-state index in [1.54, 1.807) is 42.6 Å². The monoisotopic (exact) mass is 337 g/mol. The highest BCUT2D eigenvalue weighted by atomic mass is 35.5. The quantitative estimate of drug-likeness (QED) is 0.701. The van der Waals surface area contributed by atoms with Gasteiger partial charge in [-0.15, -0.1) is 0 Å². The zero-order chi connectivity index (χ0) is 16.9. The summed E-state index contributed by atoms with van der Waals surface area (Å²) in [4.78, 5) is 16.5. The van der Waals surface area contributed by atoms with Gasteiger partial charge in [0.2, 0.25) is 0 Å². The number of aromatic nitrogens is 1. The van der Waals surface area contributed by atoms with E-state index in [-0.39, 0.29) is 5.91 Å². The van der Waals surface area contributed by atoms with Crippen LogP contribution in [0.25, 0.3) is 0 Å². The van der Waals surface area contributed by atoms with Gasteiger partial charge >= 0.3 is 0 Å². The molecule has 0 aliphatic heterocycles. The predicted octanol–water partition coefficient (Wildman–Crippen LogP) is 5.04. The first-order valence-electron chi connectivity index (χ1n) is 7.47. The van der Waals surface area contributed by atoms with Crippen LogP contribution in [0.5, 0.6) is 0 Å². The molecule has 1 amide bonds. The molecule has 0 radical (unpaired) electrons. The number of nitrogens with zero attached hydrogens (tertiary/aromatic N) is 1. The first-order chi connectivity index (χ1) is 11.6. The average molecular weight is 338 g/mol. The van der Waals surface area contributed by atoms with Crippen LogP contribution in [0.1, 0.15) is 15.9 Å². The van der Waals surface area contributed by atoms with Crippen molar-refractivity contribution >= 4 is 34.7 Å². The maximum atomic E-state index is 12.2. The normalized spacial score (nSPS) is 10.2. The first-order valence-corrected chi connectivity index (χ1v) is 7.84. The second kappa shape index (κ2) is 7.15. The van der Waals surface area contributed by atoms with Crippen molar-refractivity contribution in [3.8, 4) is 0 Å². The molecule has 0 fully saturated rings. The minimum atomic E-state index is -0.157. The van der Waals surface area contributed by atoms with E-state index in [2.05, 4.69) is 15.6 Å².